The number of nitrogens with zero attached hydrogens (tertiary/aromatic N) is 2. The minimum absolute atomic E-state index is 0.0434. The molecule has 3 aromatic carbocycles. The molecule has 0 spiro atoms. The molecule has 1 atom stereocenters. The Morgan fingerprint density at radius 3 is 2.30 bits per heavy atom. The molecule has 0 bridgehead atoms. The van der Waals surface area contributed by atoms with Gasteiger partial charge in [-0.05, 0) is 112 Å². The first-order valence-electron chi connectivity index (χ1n) is 15.9. The molecular weight excluding hydrogens is 605 g/mol. The van der Waals surface area contributed by atoms with Gasteiger partial charge in [0.1, 0.15) is 18.2 Å². The van der Waals surface area contributed by atoms with E-state index in [0.29, 0.717) is 22.8 Å². The maximum atomic E-state index is 14.1. The van der Waals surface area contributed by atoms with Crippen molar-refractivity contribution in [2.24, 2.45) is 5.92 Å². The van der Waals surface area contributed by atoms with Crippen molar-refractivity contribution in [1.82, 2.24) is 14.5 Å². The minimum atomic E-state index is -3.90. The van der Waals surface area contributed by atoms with Crippen molar-refractivity contribution in [1.29, 1.82) is 0 Å². The van der Waals surface area contributed by atoms with E-state index in [1.165, 1.54) is 10.4 Å². The molecule has 1 aliphatic rings. The molecule has 1 amide bonds. The number of halogens is 1. The van der Waals surface area contributed by atoms with Crippen molar-refractivity contribution in [2.45, 2.75) is 70.0 Å². The number of nitrogens with one attached hydrogen (secondary N) is 1. The summed E-state index contributed by atoms with van der Waals surface area (Å²) in [5.74, 6) is 0.566. The highest BCUT2D eigenvalue weighted by atomic mass is 32.2. The van der Waals surface area contributed by atoms with Crippen LogP contribution in [0, 0.1) is 32.5 Å². The molecule has 0 radical (unpaired) electrons. The summed E-state index contributed by atoms with van der Waals surface area (Å²) in [7, 11) is 1.72. The maximum Gasteiger partial charge on any atom is 0.246 e. The molecular formula is C36H48FN3O5S. The highest BCUT2D eigenvalue weighted by molar-refractivity contribution is 7.89. The summed E-state index contributed by atoms with van der Waals surface area (Å²) in [6.07, 6.45) is 3.50. The fourth-order valence-electron chi connectivity index (χ4n) is 6.69. The average Bonchev–Trinajstić information content (AvgIpc) is 3.01. The Hall–Kier alpha value is -3.31. The number of hydrogen-bond donors (Lipinski definition) is 1. The normalized spacial score (nSPS) is 17.7. The van der Waals surface area contributed by atoms with Gasteiger partial charge in [0, 0.05) is 25.2 Å². The summed E-state index contributed by atoms with van der Waals surface area (Å²) in [6.45, 7) is 5.61. The fraction of sp³-hybridized carbons (Fsp3) is 0.472. The van der Waals surface area contributed by atoms with Gasteiger partial charge in [-0.15, -0.1) is 0 Å². The van der Waals surface area contributed by atoms with Crippen LogP contribution in [0.15, 0.2) is 65.6 Å². The summed E-state index contributed by atoms with van der Waals surface area (Å²) in [5, 5.41) is 3.09. The SMILES string of the molecule is COc1cc(C)c(S(=O)(=O)N(CCOCC(=O)NC2CCC(C(c3cccc(F)c3)N(C)C)CC2)Cc2ccccc2)c(C)c1C. The Labute approximate surface area is 273 Å². The molecule has 0 aliphatic heterocycles. The number of hydrogen-bond acceptors (Lipinski definition) is 6. The molecule has 0 heterocycles. The zero-order valence-electron chi connectivity index (χ0n) is 27.9. The van der Waals surface area contributed by atoms with Gasteiger partial charge in [0.15, 0.2) is 0 Å². The predicted molar refractivity (Wildman–Crippen MR) is 179 cm³/mol. The van der Waals surface area contributed by atoms with Crippen molar-refractivity contribution in [3.05, 3.63) is 94.3 Å². The lowest BCUT2D eigenvalue weighted by Crippen LogP contribution is -2.41. The summed E-state index contributed by atoms with van der Waals surface area (Å²) >= 11 is 0. The number of sulfonamides is 1. The number of amides is 1. The smallest absolute Gasteiger partial charge is 0.246 e. The monoisotopic (exact) mass is 653 g/mol. The van der Waals surface area contributed by atoms with Crippen LogP contribution in [0.5, 0.6) is 5.75 Å². The Balaban J connectivity index is 1.34. The Morgan fingerprint density at radius 1 is 0.978 bits per heavy atom. The lowest BCUT2D eigenvalue weighted by atomic mass is 9.78. The number of rotatable bonds is 14. The molecule has 1 N–H and O–H groups in total. The van der Waals surface area contributed by atoms with E-state index in [4.69, 9.17) is 9.47 Å². The van der Waals surface area contributed by atoms with E-state index in [0.717, 1.165) is 42.4 Å². The van der Waals surface area contributed by atoms with E-state index < -0.39 is 10.0 Å². The standard InChI is InChI=1S/C36H48FN3O5S/c1-25-21-33(44-6)26(2)27(3)36(25)46(42,43)40(23-28-11-8-7-9-12-28)19-20-45-24-34(41)38-32-17-15-29(16-18-32)35(39(4)5)30-13-10-14-31(37)22-30/h7-14,21-22,29,32,35H,15-20,23-24H2,1-6H3,(H,38,41). The van der Waals surface area contributed by atoms with Gasteiger partial charge in [-0.25, -0.2) is 12.8 Å². The minimum Gasteiger partial charge on any atom is -0.496 e. The lowest BCUT2D eigenvalue weighted by Gasteiger charge is -2.37. The number of carbonyl (C=O) groups excluding carboxylic acids is 1. The second-order valence-electron chi connectivity index (χ2n) is 12.5. The largest absolute Gasteiger partial charge is 0.496 e. The molecule has 4 rings (SSSR count). The molecule has 1 saturated carbocycles. The fourth-order valence-corrected chi connectivity index (χ4v) is 8.59. The second kappa shape index (κ2) is 16.0. The second-order valence-corrected chi connectivity index (χ2v) is 14.4. The highest BCUT2D eigenvalue weighted by Crippen LogP contribution is 2.38. The predicted octanol–water partition coefficient (Wildman–Crippen LogP) is 5.94. The average molecular weight is 654 g/mol. The van der Waals surface area contributed by atoms with Crippen LogP contribution in [-0.2, 0) is 26.1 Å². The zero-order valence-corrected chi connectivity index (χ0v) is 28.7. The van der Waals surface area contributed by atoms with Gasteiger partial charge in [-0.3, -0.25) is 4.79 Å². The van der Waals surface area contributed by atoms with Crippen molar-refractivity contribution < 1.29 is 27.1 Å². The van der Waals surface area contributed by atoms with Gasteiger partial charge in [0.05, 0.1) is 18.6 Å². The molecule has 250 valence electrons. The van der Waals surface area contributed by atoms with Crippen molar-refractivity contribution in [3.63, 3.8) is 0 Å². The Morgan fingerprint density at radius 2 is 1.67 bits per heavy atom. The van der Waals surface area contributed by atoms with Gasteiger partial charge in [0.2, 0.25) is 15.9 Å². The van der Waals surface area contributed by atoms with E-state index in [1.54, 1.807) is 39.2 Å². The van der Waals surface area contributed by atoms with Gasteiger partial charge < -0.3 is 19.7 Å². The van der Waals surface area contributed by atoms with Crippen LogP contribution in [0.1, 0.15) is 59.5 Å². The van der Waals surface area contributed by atoms with Crippen LogP contribution in [0.4, 0.5) is 4.39 Å². The van der Waals surface area contributed by atoms with E-state index in [2.05, 4.69) is 10.2 Å². The quantitative estimate of drug-likeness (QED) is 0.217. The summed E-state index contributed by atoms with van der Waals surface area (Å²) in [6, 6.07) is 18.2. The van der Waals surface area contributed by atoms with Crippen LogP contribution in [0.3, 0.4) is 0 Å². The molecule has 1 aliphatic carbocycles. The van der Waals surface area contributed by atoms with Gasteiger partial charge in [0.25, 0.3) is 0 Å². The third-order valence-electron chi connectivity index (χ3n) is 9.05. The van der Waals surface area contributed by atoms with E-state index in [9.17, 15) is 17.6 Å². The molecule has 8 nitrogen and oxygen atoms in total. The number of carbonyl (C=O) groups is 1. The first-order valence-corrected chi connectivity index (χ1v) is 17.3. The van der Waals surface area contributed by atoms with E-state index in [-0.39, 0.29) is 55.0 Å². The van der Waals surface area contributed by atoms with Crippen LogP contribution >= 0.6 is 0 Å². The molecule has 1 fully saturated rings. The summed E-state index contributed by atoms with van der Waals surface area (Å²) < 4.78 is 54.7. The number of methoxy groups -OCH3 is 1. The number of ether oxygens (including phenoxy) is 2. The molecule has 1 unspecified atom stereocenters. The molecule has 10 heteroatoms. The number of aryl methyl sites for hydroxylation is 1. The molecule has 3 aromatic rings. The molecule has 0 saturated heterocycles. The van der Waals surface area contributed by atoms with Crippen molar-refractivity contribution in [3.8, 4) is 5.75 Å². The van der Waals surface area contributed by atoms with Crippen LogP contribution in [0.25, 0.3) is 0 Å². The number of benzene rings is 3. The summed E-state index contributed by atoms with van der Waals surface area (Å²) in [5.41, 5.74) is 3.87. The van der Waals surface area contributed by atoms with Crippen LogP contribution in [0.2, 0.25) is 0 Å². The Bertz CT molecular complexity index is 1570. The lowest BCUT2D eigenvalue weighted by molar-refractivity contribution is -0.126. The van der Waals surface area contributed by atoms with E-state index >= 15 is 0 Å². The van der Waals surface area contributed by atoms with Crippen LogP contribution in [-0.4, -0.2) is 70.5 Å². The Kier molecular flexibility index (Phi) is 12.4. The molecule has 0 aromatic heterocycles. The summed E-state index contributed by atoms with van der Waals surface area (Å²) in [4.78, 5) is 15.2. The highest BCUT2D eigenvalue weighted by Gasteiger charge is 2.32. The van der Waals surface area contributed by atoms with Gasteiger partial charge in [-0.1, -0.05) is 42.5 Å². The third-order valence-corrected chi connectivity index (χ3v) is 11.2. The zero-order chi connectivity index (χ0) is 33.4. The first-order chi connectivity index (χ1) is 21.9. The van der Waals surface area contributed by atoms with Crippen LogP contribution < -0.4 is 10.1 Å². The van der Waals surface area contributed by atoms with Crippen molar-refractivity contribution in [2.75, 3.05) is 41.0 Å². The maximum absolute atomic E-state index is 14.1. The van der Waals surface area contributed by atoms with Crippen molar-refractivity contribution >= 4 is 15.9 Å². The first kappa shape index (κ1) is 35.5. The van der Waals surface area contributed by atoms with Gasteiger partial charge >= 0.3 is 0 Å². The third kappa shape index (κ3) is 8.73. The van der Waals surface area contributed by atoms with E-state index in [1.807, 2.05) is 57.4 Å². The topological polar surface area (TPSA) is 88.2 Å². The van der Waals surface area contributed by atoms with Gasteiger partial charge in [-0.2, -0.15) is 4.31 Å². The molecule has 46 heavy (non-hydrogen) atoms.